The first-order valence-corrected chi connectivity index (χ1v) is 7.95. The molecule has 0 aromatic heterocycles. The van der Waals surface area contributed by atoms with Gasteiger partial charge in [0.25, 0.3) is 5.91 Å². The van der Waals surface area contributed by atoms with E-state index in [2.05, 4.69) is 5.32 Å². The Morgan fingerprint density at radius 2 is 1.87 bits per heavy atom. The lowest BCUT2D eigenvalue weighted by molar-refractivity contribution is -0.117. The summed E-state index contributed by atoms with van der Waals surface area (Å²) < 4.78 is 0. The monoisotopic (exact) mass is 328 g/mol. The largest absolute Gasteiger partial charge is 0.348 e. The highest BCUT2D eigenvalue weighted by atomic mass is 35.5. The van der Waals surface area contributed by atoms with Crippen LogP contribution in [0.1, 0.15) is 28.8 Å². The maximum Gasteiger partial charge on any atom is 0.251 e. The summed E-state index contributed by atoms with van der Waals surface area (Å²) in [6.45, 7) is 1.13. The van der Waals surface area contributed by atoms with E-state index >= 15 is 0 Å². The predicted molar refractivity (Wildman–Crippen MR) is 90.7 cm³/mol. The summed E-state index contributed by atoms with van der Waals surface area (Å²) in [6, 6.07) is 14.5. The van der Waals surface area contributed by atoms with Crippen LogP contribution in [0.4, 0.5) is 5.69 Å². The Hall–Kier alpha value is -2.33. The Labute approximate surface area is 140 Å². The van der Waals surface area contributed by atoms with Gasteiger partial charge in [-0.25, -0.2) is 0 Å². The highest BCUT2D eigenvalue weighted by molar-refractivity contribution is 6.31. The number of nitrogens with one attached hydrogen (secondary N) is 1. The molecular formula is C18H17ClN2O2. The van der Waals surface area contributed by atoms with Crippen molar-refractivity contribution in [3.63, 3.8) is 0 Å². The van der Waals surface area contributed by atoms with E-state index in [1.165, 1.54) is 0 Å². The summed E-state index contributed by atoms with van der Waals surface area (Å²) in [4.78, 5) is 25.7. The van der Waals surface area contributed by atoms with E-state index in [1.807, 2.05) is 30.3 Å². The van der Waals surface area contributed by atoms with Gasteiger partial charge in [0.05, 0.1) is 0 Å². The number of hydrogen-bond acceptors (Lipinski definition) is 2. The van der Waals surface area contributed by atoms with Crippen molar-refractivity contribution in [2.45, 2.75) is 19.4 Å². The third kappa shape index (κ3) is 3.54. The van der Waals surface area contributed by atoms with Crippen LogP contribution in [0.5, 0.6) is 0 Å². The molecule has 3 rings (SSSR count). The summed E-state index contributed by atoms with van der Waals surface area (Å²) >= 11 is 6.07. The average Bonchev–Trinajstić information content (AvgIpc) is 3.00. The average molecular weight is 329 g/mol. The van der Waals surface area contributed by atoms with E-state index in [4.69, 9.17) is 11.6 Å². The summed E-state index contributed by atoms with van der Waals surface area (Å²) in [5, 5.41) is 3.48. The van der Waals surface area contributed by atoms with Crippen molar-refractivity contribution >= 4 is 29.1 Å². The van der Waals surface area contributed by atoms with Gasteiger partial charge in [-0.3, -0.25) is 9.59 Å². The molecule has 1 aliphatic rings. The van der Waals surface area contributed by atoms with Crippen molar-refractivity contribution in [2.75, 3.05) is 11.4 Å². The minimum Gasteiger partial charge on any atom is -0.348 e. The Morgan fingerprint density at radius 1 is 1.13 bits per heavy atom. The molecule has 5 heteroatoms. The van der Waals surface area contributed by atoms with E-state index in [0.717, 1.165) is 24.2 Å². The molecule has 1 aliphatic heterocycles. The number of anilines is 1. The van der Waals surface area contributed by atoms with Gasteiger partial charge in [-0.2, -0.15) is 0 Å². The summed E-state index contributed by atoms with van der Waals surface area (Å²) in [7, 11) is 0. The fourth-order valence-electron chi connectivity index (χ4n) is 2.63. The second-order valence-electron chi connectivity index (χ2n) is 5.47. The van der Waals surface area contributed by atoms with Crippen molar-refractivity contribution < 1.29 is 9.59 Å². The van der Waals surface area contributed by atoms with Crippen LogP contribution in [0.25, 0.3) is 0 Å². The van der Waals surface area contributed by atoms with Gasteiger partial charge < -0.3 is 10.2 Å². The molecule has 1 N–H and O–H groups in total. The van der Waals surface area contributed by atoms with Gasteiger partial charge in [0, 0.05) is 35.8 Å². The zero-order chi connectivity index (χ0) is 16.2. The minimum atomic E-state index is -0.163. The summed E-state index contributed by atoms with van der Waals surface area (Å²) in [5.74, 6) is -0.0230. The maximum atomic E-state index is 12.2. The molecule has 0 radical (unpaired) electrons. The van der Waals surface area contributed by atoms with E-state index in [9.17, 15) is 9.59 Å². The molecule has 2 amide bonds. The molecule has 4 nitrogen and oxygen atoms in total. The van der Waals surface area contributed by atoms with Crippen LogP contribution in [-0.4, -0.2) is 18.4 Å². The van der Waals surface area contributed by atoms with Gasteiger partial charge >= 0.3 is 0 Å². The normalized spacial score (nSPS) is 14.1. The molecule has 1 saturated heterocycles. The van der Waals surface area contributed by atoms with Crippen LogP contribution in [0.2, 0.25) is 5.02 Å². The van der Waals surface area contributed by atoms with Crippen LogP contribution in [0, 0.1) is 0 Å². The number of benzene rings is 2. The molecule has 0 saturated carbocycles. The van der Waals surface area contributed by atoms with Crippen molar-refractivity contribution in [1.82, 2.24) is 5.32 Å². The van der Waals surface area contributed by atoms with E-state index in [0.29, 0.717) is 23.6 Å². The Balaban J connectivity index is 1.64. The maximum absolute atomic E-state index is 12.2. The quantitative estimate of drug-likeness (QED) is 0.935. The highest BCUT2D eigenvalue weighted by Gasteiger charge is 2.21. The first-order chi connectivity index (χ1) is 11.1. The number of nitrogens with zero attached hydrogens (tertiary/aromatic N) is 1. The van der Waals surface area contributed by atoms with E-state index in [1.54, 1.807) is 23.1 Å². The van der Waals surface area contributed by atoms with Gasteiger partial charge in [0.15, 0.2) is 0 Å². The molecule has 0 unspecified atom stereocenters. The summed E-state index contributed by atoms with van der Waals surface area (Å²) in [6.07, 6.45) is 1.49. The lowest BCUT2D eigenvalue weighted by Crippen LogP contribution is -2.25. The van der Waals surface area contributed by atoms with Gasteiger partial charge in [-0.15, -0.1) is 0 Å². The fourth-order valence-corrected chi connectivity index (χ4v) is 2.84. The van der Waals surface area contributed by atoms with Crippen molar-refractivity contribution in [3.8, 4) is 0 Å². The smallest absolute Gasteiger partial charge is 0.251 e. The van der Waals surface area contributed by atoms with Crippen molar-refractivity contribution in [1.29, 1.82) is 0 Å². The molecular weight excluding hydrogens is 312 g/mol. The lowest BCUT2D eigenvalue weighted by Gasteiger charge is -2.15. The second kappa shape index (κ2) is 6.84. The van der Waals surface area contributed by atoms with Gasteiger partial charge in [0.2, 0.25) is 5.91 Å². The zero-order valence-electron chi connectivity index (χ0n) is 12.6. The third-order valence-corrected chi connectivity index (χ3v) is 4.28. The molecule has 2 aromatic rings. The van der Waals surface area contributed by atoms with Crippen LogP contribution < -0.4 is 10.2 Å². The Morgan fingerprint density at radius 3 is 2.52 bits per heavy atom. The van der Waals surface area contributed by atoms with Crippen molar-refractivity contribution in [2.24, 2.45) is 0 Å². The number of rotatable bonds is 4. The Bertz CT molecular complexity index is 728. The van der Waals surface area contributed by atoms with Gasteiger partial charge in [-0.05, 0) is 42.3 Å². The molecule has 0 spiro atoms. The number of carbonyl (C=O) groups excluding carboxylic acids is 2. The van der Waals surface area contributed by atoms with E-state index < -0.39 is 0 Å². The number of hydrogen-bond donors (Lipinski definition) is 1. The van der Waals surface area contributed by atoms with E-state index in [-0.39, 0.29) is 11.8 Å². The molecule has 1 fully saturated rings. The molecule has 0 bridgehead atoms. The second-order valence-corrected chi connectivity index (χ2v) is 5.88. The SMILES string of the molecule is O=C(NCc1ccccc1Cl)c1ccc(N2CCCC2=O)cc1. The Kier molecular flexibility index (Phi) is 4.63. The third-order valence-electron chi connectivity index (χ3n) is 3.91. The number of amides is 2. The molecule has 0 atom stereocenters. The number of halogens is 1. The van der Waals surface area contributed by atoms with Gasteiger partial charge in [-0.1, -0.05) is 29.8 Å². The molecule has 118 valence electrons. The van der Waals surface area contributed by atoms with Gasteiger partial charge in [0.1, 0.15) is 0 Å². The number of carbonyl (C=O) groups is 2. The topological polar surface area (TPSA) is 49.4 Å². The first-order valence-electron chi connectivity index (χ1n) is 7.57. The minimum absolute atomic E-state index is 0.140. The van der Waals surface area contributed by atoms with Crippen LogP contribution in [-0.2, 0) is 11.3 Å². The lowest BCUT2D eigenvalue weighted by atomic mass is 10.1. The highest BCUT2D eigenvalue weighted by Crippen LogP contribution is 2.21. The predicted octanol–water partition coefficient (Wildman–Crippen LogP) is 3.40. The molecule has 1 heterocycles. The summed E-state index contributed by atoms with van der Waals surface area (Å²) in [5.41, 5.74) is 2.28. The van der Waals surface area contributed by atoms with Crippen molar-refractivity contribution in [3.05, 3.63) is 64.7 Å². The molecule has 23 heavy (non-hydrogen) atoms. The van der Waals surface area contributed by atoms with Crippen LogP contribution in [0.3, 0.4) is 0 Å². The standard InChI is InChI=1S/C18H17ClN2O2/c19-16-5-2-1-4-14(16)12-20-18(23)13-7-9-15(10-8-13)21-11-3-6-17(21)22/h1-2,4-5,7-10H,3,6,11-12H2,(H,20,23). The van der Waals surface area contributed by atoms with Crippen LogP contribution >= 0.6 is 11.6 Å². The first kappa shape index (κ1) is 15.6. The fraction of sp³-hybridized carbons (Fsp3) is 0.222. The molecule has 2 aromatic carbocycles. The zero-order valence-corrected chi connectivity index (χ0v) is 13.3. The molecule has 0 aliphatic carbocycles. The van der Waals surface area contributed by atoms with Crippen LogP contribution in [0.15, 0.2) is 48.5 Å².